The Morgan fingerprint density at radius 3 is 3.00 bits per heavy atom. The second-order valence-corrected chi connectivity index (χ2v) is 3.59. The molecular weight excluding hydrogens is 234 g/mol. The van der Waals surface area contributed by atoms with E-state index in [1.807, 2.05) is 11.7 Å². The molecule has 4 nitrogen and oxygen atoms in total. The van der Waals surface area contributed by atoms with Gasteiger partial charge < -0.3 is 10.1 Å². The lowest BCUT2D eigenvalue weighted by molar-refractivity contribution is 0.199. The van der Waals surface area contributed by atoms with E-state index in [-0.39, 0.29) is 0 Å². The molecule has 74 valence electrons. The highest BCUT2D eigenvalue weighted by molar-refractivity contribution is 9.10. The number of aromatic nitrogens is 2. The number of rotatable bonds is 5. The number of hydrogen-bond donors (Lipinski definition) is 1. The van der Waals surface area contributed by atoms with Gasteiger partial charge in [0.25, 0.3) is 0 Å². The molecule has 0 aliphatic rings. The van der Waals surface area contributed by atoms with E-state index >= 15 is 0 Å². The maximum Gasteiger partial charge on any atom is 0.0660 e. The molecule has 5 heteroatoms. The topological polar surface area (TPSA) is 39.1 Å². The van der Waals surface area contributed by atoms with E-state index in [9.17, 15) is 0 Å². The Balaban J connectivity index is 2.36. The van der Waals surface area contributed by atoms with Crippen LogP contribution in [0.2, 0.25) is 0 Å². The quantitative estimate of drug-likeness (QED) is 0.787. The standard InChI is InChI=1S/C8H14BrN3O/c1-12-8(7(9)5-11-12)6-10-3-4-13-2/h5,10H,3-4,6H2,1-2H3. The summed E-state index contributed by atoms with van der Waals surface area (Å²) < 4.78 is 7.82. The third-order valence-corrected chi connectivity index (χ3v) is 2.45. The summed E-state index contributed by atoms with van der Waals surface area (Å²) in [6, 6.07) is 0. The van der Waals surface area contributed by atoms with Gasteiger partial charge in [0.15, 0.2) is 0 Å². The summed E-state index contributed by atoms with van der Waals surface area (Å²) in [5.41, 5.74) is 1.15. The molecule has 1 aromatic heterocycles. The van der Waals surface area contributed by atoms with E-state index in [4.69, 9.17) is 4.74 Å². The van der Waals surface area contributed by atoms with Gasteiger partial charge in [0, 0.05) is 27.2 Å². The molecule has 0 saturated carbocycles. The Morgan fingerprint density at radius 2 is 2.46 bits per heavy atom. The highest BCUT2D eigenvalue weighted by atomic mass is 79.9. The molecule has 0 amide bonds. The van der Waals surface area contributed by atoms with Crippen LogP contribution in [-0.2, 0) is 18.3 Å². The number of ether oxygens (including phenoxy) is 1. The van der Waals surface area contributed by atoms with Gasteiger partial charge in [0.05, 0.1) is 23.0 Å². The zero-order valence-corrected chi connectivity index (χ0v) is 9.47. The highest BCUT2D eigenvalue weighted by Gasteiger charge is 2.03. The number of aryl methyl sites for hydroxylation is 1. The lowest BCUT2D eigenvalue weighted by atomic mass is 10.4. The maximum absolute atomic E-state index is 4.93. The van der Waals surface area contributed by atoms with Crippen molar-refractivity contribution < 1.29 is 4.74 Å². The minimum absolute atomic E-state index is 0.732. The lowest BCUT2D eigenvalue weighted by Gasteiger charge is -2.04. The Bertz CT molecular complexity index is 242. The normalized spacial score (nSPS) is 10.7. The summed E-state index contributed by atoms with van der Waals surface area (Å²) in [5.74, 6) is 0. The van der Waals surface area contributed by atoms with Crippen LogP contribution >= 0.6 is 15.9 Å². The summed E-state index contributed by atoms with van der Waals surface area (Å²) in [4.78, 5) is 0. The average Bonchev–Trinajstić information content (AvgIpc) is 2.42. The highest BCUT2D eigenvalue weighted by Crippen LogP contribution is 2.14. The van der Waals surface area contributed by atoms with Crippen LogP contribution in [0.25, 0.3) is 0 Å². The number of halogens is 1. The third-order valence-electron chi connectivity index (χ3n) is 1.79. The molecule has 0 unspecified atom stereocenters. The van der Waals surface area contributed by atoms with Crippen molar-refractivity contribution in [1.82, 2.24) is 15.1 Å². The summed E-state index contributed by atoms with van der Waals surface area (Å²) in [6.07, 6.45) is 1.80. The fourth-order valence-corrected chi connectivity index (χ4v) is 1.50. The van der Waals surface area contributed by atoms with Crippen LogP contribution in [0.1, 0.15) is 5.69 Å². The maximum atomic E-state index is 4.93. The minimum atomic E-state index is 0.732. The minimum Gasteiger partial charge on any atom is -0.383 e. The molecule has 1 aromatic rings. The van der Waals surface area contributed by atoms with Crippen LogP contribution in [0.4, 0.5) is 0 Å². The van der Waals surface area contributed by atoms with Crippen molar-refractivity contribution in [3.63, 3.8) is 0 Å². The van der Waals surface area contributed by atoms with Crippen molar-refractivity contribution in [2.75, 3.05) is 20.3 Å². The van der Waals surface area contributed by atoms with Crippen LogP contribution in [0.3, 0.4) is 0 Å². The second kappa shape index (κ2) is 5.36. The summed E-state index contributed by atoms with van der Waals surface area (Å²) >= 11 is 3.43. The predicted octanol–water partition coefficient (Wildman–Crippen LogP) is 0.919. The van der Waals surface area contributed by atoms with Crippen LogP contribution in [0.5, 0.6) is 0 Å². The zero-order chi connectivity index (χ0) is 9.68. The largest absolute Gasteiger partial charge is 0.383 e. The summed E-state index contributed by atoms with van der Waals surface area (Å²) in [7, 11) is 3.62. The first-order valence-electron chi connectivity index (χ1n) is 4.11. The van der Waals surface area contributed by atoms with Crippen LogP contribution in [-0.4, -0.2) is 30.0 Å². The van der Waals surface area contributed by atoms with Crippen LogP contribution in [0, 0.1) is 0 Å². The second-order valence-electron chi connectivity index (χ2n) is 2.73. The van der Waals surface area contributed by atoms with E-state index in [2.05, 4.69) is 26.3 Å². The van der Waals surface area contributed by atoms with Gasteiger partial charge in [-0.2, -0.15) is 5.10 Å². The fourth-order valence-electron chi connectivity index (χ4n) is 1.02. The smallest absolute Gasteiger partial charge is 0.0660 e. The van der Waals surface area contributed by atoms with Gasteiger partial charge in [-0.1, -0.05) is 0 Å². The molecule has 13 heavy (non-hydrogen) atoms. The first kappa shape index (κ1) is 10.7. The first-order valence-corrected chi connectivity index (χ1v) is 4.91. The van der Waals surface area contributed by atoms with Crippen molar-refractivity contribution in [2.24, 2.45) is 7.05 Å². The molecule has 0 aliphatic heterocycles. The van der Waals surface area contributed by atoms with Gasteiger partial charge in [-0.05, 0) is 15.9 Å². The molecule has 0 bridgehead atoms. The summed E-state index contributed by atoms with van der Waals surface area (Å²) in [5, 5.41) is 7.37. The molecule has 1 rings (SSSR count). The van der Waals surface area contributed by atoms with Gasteiger partial charge in [-0.15, -0.1) is 0 Å². The van der Waals surface area contributed by atoms with Gasteiger partial charge in [-0.3, -0.25) is 4.68 Å². The average molecular weight is 248 g/mol. The van der Waals surface area contributed by atoms with Crippen molar-refractivity contribution in [3.8, 4) is 0 Å². The van der Waals surface area contributed by atoms with Crippen molar-refractivity contribution in [1.29, 1.82) is 0 Å². The van der Waals surface area contributed by atoms with Crippen LogP contribution < -0.4 is 5.32 Å². The Morgan fingerprint density at radius 1 is 1.69 bits per heavy atom. The molecule has 0 spiro atoms. The van der Waals surface area contributed by atoms with Gasteiger partial charge in [0.1, 0.15) is 0 Å². The van der Waals surface area contributed by atoms with E-state index in [0.29, 0.717) is 0 Å². The van der Waals surface area contributed by atoms with E-state index in [0.717, 1.165) is 29.9 Å². The fraction of sp³-hybridized carbons (Fsp3) is 0.625. The number of nitrogens with zero attached hydrogens (tertiary/aromatic N) is 2. The van der Waals surface area contributed by atoms with Gasteiger partial charge >= 0.3 is 0 Å². The van der Waals surface area contributed by atoms with Crippen molar-refractivity contribution >= 4 is 15.9 Å². The van der Waals surface area contributed by atoms with Crippen molar-refractivity contribution in [2.45, 2.75) is 6.54 Å². The molecule has 0 fully saturated rings. The Labute approximate surface area is 86.4 Å². The lowest BCUT2D eigenvalue weighted by Crippen LogP contribution is -2.20. The van der Waals surface area contributed by atoms with Crippen molar-refractivity contribution in [3.05, 3.63) is 16.4 Å². The molecular formula is C8H14BrN3O. The number of methoxy groups -OCH3 is 1. The SMILES string of the molecule is COCCNCc1c(Br)cnn1C. The molecule has 0 atom stereocenters. The van der Waals surface area contributed by atoms with E-state index in [1.165, 1.54) is 0 Å². The third kappa shape index (κ3) is 3.10. The molecule has 0 aliphatic carbocycles. The molecule has 0 radical (unpaired) electrons. The van der Waals surface area contributed by atoms with Crippen LogP contribution in [0.15, 0.2) is 10.7 Å². The first-order chi connectivity index (χ1) is 6.25. The van der Waals surface area contributed by atoms with E-state index in [1.54, 1.807) is 13.3 Å². The van der Waals surface area contributed by atoms with E-state index < -0.39 is 0 Å². The monoisotopic (exact) mass is 247 g/mol. The number of hydrogen-bond acceptors (Lipinski definition) is 3. The summed E-state index contributed by atoms with van der Waals surface area (Å²) in [6.45, 7) is 2.39. The molecule has 1 N–H and O–H groups in total. The molecule has 1 heterocycles. The number of nitrogens with one attached hydrogen (secondary N) is 1. The Hall–Kier alpha value is -0.390. The predicted molar refractivity (Wildman–Crippen MR) is 54.5 cm³/mol. The van der Waals surface area contributed by atoms with Gasteiger partial charge in [-0.25, -0.2) is 0 Å². The molecule has 0 aromatic carbocycles. The zero-order valence-electron chi connectivity index (χ0n) is 7.88. The molecule has 0 saturated heterocycles. The van der Waals surface area contributed by atoms with Gasteiger partial charge in [0.2, 0.25) is 0 Å². The Kier molecular flexibility index (Phi) is 4.41.